The second kappa shape index (κ2) is 9.81. The summed E-state index contributed by atoms with van der Waals surface area (Å²) >= 11 is 5.34. The minimum atomic E-state index is -0.566. The molecule has 0 aromatic heterocycles. The van der Waals surface area contributed by atoms with Crippen LogP contribution < -0.4 is 10.1 Å². The van der Waals surface area contributed by atoms with Gasteiger partial charge in [0.25, 0.3) is 5.91 Å². The lowest BCUT2D eigenvalue weighted by Crippen LogP contribution is -2.42. The molecule has 0 spiro atoms. The molecule has 1 aliphatic rings. The smallest absolute Gasteiger partial charge is 0.260 e. The number of nitrogens with zero attached hydrogens (tertiary/aromatic N) is 1. The van der Waals surface area contributed by atoms with Crippen LogP contribution in [0.2, 0.25) is 0 Å². The molecule has 9 heteroatoms. The number of thiocarbonyl (C=S) groups is 1. The number of carbonyl (C=O) groups excluding carboxylic acids is 1. The van der Waals surface area contributed by atoms with Crippen molar-refractivity contribution < 1.29 is 28.5 Å². The third-order valence-electron chi connectivity index (χ3n) is 4.62. The molecule has 0 saturated carbocycles. The van der Waals surface area contributed by atoms with Crippen molar-refractivity contribution in [2.24, 2.45) is 5.92 Å². The number of para-hydroxylation sites is 1. The molecule has 0 radical (unpaired) electrons. The van der Waals surface area contributed by atoms with E-state index < -0.39 is 18.0 Å². The van der Waals surface area contributed by atoms with E-state index in [-0.39, 0.29) is 33.7 Å². The maximum absolute atomic E-state index is 13.9. The van der Waals surface area contributed by atoms with E-state index in [1.807, 2.05) is 0 Å². The van der Waals surface area contributed by atoms with E-state index in [0.29, 0.717) is 19.4 Å². The molecule has 1 aromatic carbocycles. The highest BCUT2D eigenvalue weighted by molar-refractivity contribution is 7.81. The van der Waals surface area contributed by atoms with Gasteiger partial charge in [0.15, 0.2) is 17.9 Å². The Morgan fingerprint density at radius 3 is 2.68 bits per heavy atom. The lowest BCUT2D eigenvalue weighted by molar-refractivity contribution is -0.127. The fourth-order valence-electron chi connectivity index (χ4n) is 3.11. The highest BCUT2D eigenvalue weighted by Crippen LogP contribution is 2.31. The van der Waals surface area contributed by atoms with Gasteiger partial charge in [0.05, 0.1) is 12.8 Å². The quantitative estimate of drug-likeness (QED) is 0.502. The zero-order valence-electron chi connectivity index (χ0n) is 16.3. The van der Waals surface area contributed by atoms with Gasteiger partial charge in [-0.25, -0.2) is 4.39 Å². The van der Waals surface area contributed by atoms with E-state index in [9.17, 15) is 14.3 Å². The Hall–Kier alpha value is -2.23. The van der Waals surface area contributed by atoms with Gasteiger partial charge in [-0.2, -0.15) is 0 Å². The number of halogens is 1. The summed E-state index contributed by atoms with van der Waals surface area (Å²) < 4.78 is 29.3. The summed E-state index contributed by atoms with van der Waals surface area (Å²) in [5, 5.41) is 13.5. The molecule has 1 atom stereocenters. The second-order valence-corrected chi connectivity index (χ2v) is 6.80. The molecule has 0 saturated heterocycles. The van der Waals surface area contributed by atoms with Crippen molar-refractivity contribution in [1.82, 2.24) is 4.90 Å². The monoisotopic (exact) mass is 412 g/mol. The average Bonchev–Trinajstić information content (AvgIpc) is 2.66. The number of benzene rings is 1. The van der Waals surface area contributed by atoms with Gasteiger partial charge in [0.2, 0.25) is 0 Å². The molecule has 0 aliphatic carbocycles. The Labute approximate surface area is 169 Å². The molecule has 2 rings (SSSR count). The first-order valence-electron chi connectivity index (χ1n) is 8.72. The normalized spacial score (nSPS) is 17.3. The number of nitrogens with one attached hydrogen (secondary N) is 1. The molecule has 1 amide bonds. The molecule has 1 heterocycles. The zero-order chi connectivity index (χ0) is 20.8. The van der Waals surface area contributed by atoms with Crippen molar-refractivity contribution in [3.05, 3.63) is 35.3 Å². The van der Waals surface area contributed by atoms with Crippen molar-refractivity contribution in [3.63, 3.8) is 0 Å². The summed E-state index contributed by atoms with van der Waals surface area (Å²) in [5.74, 6) is -1.41. The number of aliphatic hydroxyl groups is 1. The van der Waals surface area contributed by atoms with E-state index in [1.54, 1.807) is 13.1 Å². The Kier molecular flexibility index (Phi) is 7.73. The largest absolute Gasteiger partial charge is 0.511 e. The molecular formula is C19H25FN2O5S. The maximum Gasteiger partial charge on any atom is 0.260 e. The molecule has 1 aromatic rings. The number of rotatable bonds is 8. The van der Waals surface area contributed by atoms with Crippen LogP contribution in [0.3, 0.4) is 0 Å². The number of aliphatic hydroxyl groups excluding tert-OH is 1. The van der Waals surface area contributed by atoms with Crippen LogP contribution in [0.15, 0.2) is 29.5 Å². The lowest BCUT2D eigenvalue weighted by atomic mass is 9.92. The van der Waals surface area contributed by atoms with Gasteiger partial charge in [-0.3, -0.25) is 4.79 Å². The summed E-state index contributed by atoms with van der Waals surface area (Å²) in [7, 11) is 6.05. The van der Waals surface area contributed by atoms with Crippen molar-refractivity contribution in [2.45, 2.75) is 19.1 Å². The molecule has 154 valence electrons. The van der Waals surface area contributed by atoms with Gasteiger partial charge in [-0.15, -0.1) is 0 Å². The van der Waals surface area contributed by atoms with Crippen LogP contribution in [0.25, 0.3) is 0 Å². The van der Waals surface area contributed by atoms with Crippen LogP contribution in [0.4, 0.5) is 10.1 Å². The molecule has 1 unspecified atom stereocenters. The summed E-state index contributed by atoms with van der Waals surface area (Å²) in [5.41, 5.74) is 0.260. The second-order valence-electron chi connectivity index (χ2n) is 6.40. The first kappa shape index (κ1) is 22.1. The third-order valence-corrected chi connectivity index (χ3v) is 4.93. The molecule has 2 N–H and O–H groups in total. The fraction of sp³-hybridized carbons (Fsp3) is 0.474. The number of anilines is 1. The zero-order valence-corrected chi connectivity index (χ0v) is 17.1. The number of amides is 1. The number of likely N-dealkylation sites (N-methyl/N-ethyl adjacent to an activating group) is 1. The van der Waals surface area contributed by atoms with Gasteiger partial charge in [-0.05, 0) is 25.0 Å². The fourth-order valence-corrected chi connectivity index (χ4v) is 3.42. The molecule has 0 bridgehead atoms. The van der Waals surface area contributed by atoms with E-state index in [4.69, 9.17) is 26.4 Å². The Bertz CT molecular complexity index is 767. The van der Waals surface area contributed by atoms with Crippen LogP contribution in [0, 0.1) is 11.7 Å². The summed E-state index contributed by atoms with van der Waals surface area (Å²) in [6, 6.07) is 4.31. The van der Waals surface area contributed by atoms with E-state index >= 15 is 0 Å². The predicted molar refractivity (Wildman–Crippen MR) is 107 cm³/mol. The number of hydrogen-bond acceptors (Lipinski definition) is 6. The number of methoxy groups -OCH3 is 3. The lowest BCUT2D eigenvalue weighted by Gasteiger charge is -2.32. The molecule has 1 aliphatic heterocycles. The first-order chi connectivity index (χ1) is 13.3. The Morgan fingerprint density at radius 2 is 2.07 bits per heavy atom. The van der Waals surface area contributed by atoms with E-state index in [1.165, 1.54) is 38.4 Å². The third kappa shape index (κ3) is 4.78. The Morgan fingerprint density at radius 1 is 1.39 bits per heavy atom. The molecule has 28 heavy (non-hydrogen) atoms. The van der Waals surface area contributed by atoms with E-state index in [0.717, 1.165) is 0 Å². The minimum Gasteiger partial charge on any atom is -0.511 e. The summed E-state index contributed by atoms with van der Waals surface area (Å²) in [6.07, 6.45) is 0.668. The van der Waals surface area contributed by atoms with E-state index in [2.05, 4.69) is 5.32 Å². The predicted octanol–water partition coefficient (Wildman–Crippen LogP) is 2.87. The minimum absolute atomic E-state index is 0.00187. The van der Waals surface area contributed by atoms with Gasteiger partial charge >= 0.3 is 0 Å². The SMILES string of the molecule is COc1c(F)cccc1NC(=S)C1=C(O)C(CCC(OC)OC)CN(C)C1=O. The standard InChI is InChI=1S/C19H25FN2O5S/c1-22-10-11(8-9-14(25-2)26-3)16(23)15(19(22)24)18(28)21-13-7-5-6-12(20)17(13)27-4/h5-7,11,14,23H,8-10H2,1-4H3,(H,21,28). The highest BCUT2D eigenvalue weighted by atomic mass is 32.1. The van der Waals surface area contributed by atoms with Crippen LogP contribution in [0.5, 0.6) is 5.75 Å². The van der Waals surface area contributed by atoms with Gasteiger partial charge in [0.1, 0.15) is 16.3 Å². The molecule has 7 nitrogen and oxygen atoms in total. The molecule has 0 fully saturated rings. The topological polar surface area (TPSA) is 80.3 Å². The number of hydrogen-bond donors (Lipinski definition) is 2. The van der Waals surface area contributed by atoms with Gasteiger partial charge in [-0.1, -0.05) is 18.3 Å². The van der Waals surface area contributed by atoms with Crippen LogP contribution in [-0.2, 0) is 14.3 Å². The average molecular weight is 412 g/mol. The summed E-state index contributed by atoms with van der Waals surface area (Å²) in [4.78, 5) is 14.1. The van der Waals surface area contributed by atoms with Crippen molar-refractivity contribution in [3.8, 4) is 5.75 Å². The van der Waals surface area contributed by atoms with Gasteiger partial charge < -0.3 is 29.5 Å². The van der Waals surface area contributed by atoms with Crippen LogP contribution in [0.1, 0.15) is 12.8 Å². The first-order valence-corrected chi connectivity index (χ1v) is 9.12. The van der Waals surface area contributed by atoms with Crippen molar-refractivity contribution >= 4 is 28.8 Å². The van der Waals surface area contributed by atoms with Gasteiger partial charge in [0, 0.05) is 33.7 Å². The number of ether oxygens (including phenoxy) is 3. The van der Waals surface area contributed by atoms with Crippen molar-refractivity contribution in [2.75, 3.05) is 40.2 Å². The van der Waals surface area contributed by atoms with Crippen LogP contribution >= 0.6 is 12.2 Å². The number of carbonyl (C=O) groups is 1. The van der Waals surface area contributed by atoms with Crippen LogP contribution in [-0.4, -0.2) is 62.1 Å². The maximum atomic E-state index is 13.9. The highest BCUT2D eigenvalue weighted by Gasteiger charge is 2.34. The molecular weight excluding hydrogens is 387 g/mol. The van der Waals surface area contributed by atoms with Crippen molar-refractivity contribution in [1.29, 1.82) is 0 Å². The summed E-state index contributed by atoms with van der Waals surface area (Å²) in [6.45, 7) is 0.347. The Balaban J connectivity index is 2.27.